The fourth-order valence-electron chi connectivity index (χ4n) is 1.84. The van der Waals surface area contributed by atoms with Gasteiger partial charge in [0, 0.05) is 17.4 Å². The van der Waals surface area contributed by atoms with Crippen LogP contribution in [0.15, 0.2) is 18.2 Å². The molecule has 0 fully saturated rings. The summed E-state index contributed by atoms with van der Waals surface area (Å²) in [5.74, 6) is -1.98. The van der Waals surface area contributed by atoms with E-state index in [1.807, 2.05) is 6.92 Å². The van der Waals surface area contributed by atoms with Crippen LogP contribution < -0.4 is 10.4 Å². The molecule has 1 amide bonds. The Morgan fingerprint density at radius 3 is 2.55 bits per heavy atom. The Kier molecular flexibility index (Phi) is 6.82. The van der Waals surface area contributed by atoms with Crippen LogP contribution in [0.5, 0.6) is 0 Å². The van der Waals surface area contributed by atoms with E-state index in [1.165, 1.54) is 6.07 Å². The van der Waals surface area contributed by atoms with E-state index in [-0.39, 0.29) is 18.7 Å². The van der Waals surface area contributed by atoms with Crippen LogP contribution in [0.1, 0.15) is 32.6 Å². The number of carbonyl (C=O) groups is 2. The fraction of sp³-hybridized carbons (Fsp3) is 0.429. The zero-order valence-corrected chi connectivity index (χ0v) is 12.6. The molecule has 0 radical (unpaired) electrons. The summed E-state index contributed by atoms with van der Waals surface area (Å²) in [7, 11) is 0. The van der Waals surface area contributed by atoms with Crippen molar-refractivity contribution in [2.75, 3.05) is 5.32 Å². The van der Waals surface area contributed by atoms with Gasteiger partial charge in [0.15, 0.2) is 0 Å². The van der Waals surface area contributed by atoms with Crippen molar-refractivity contribution in [2.24, 2.45) is 5.92 Å². The van der Waals surface area contributed by atoms with Gasteiger partial charge >= 0.3 is 0 Å². The number of carboxylic acid groups (broad SMARTS) is 1. The lowest BCUT2D eigenvalue weighted by Gasteiger charge is -2.16. The monoisotopic (exact) mass is 316 g/mol. The van der Waals surface area contributed by atoms with Gasteiger partial charge in [0.25, 0.3) is 0 Å². The number of aliphatic carboxylic acids is 1. The molecule has 0 saturated carbocycles. The van der Waals surface area contributed by atoms with E-state index in [0.29, 0.717) is 22.2 Å². The molecule has 1 aromatic rings. The number of halogens is 2. The molecular weight excluding hydrogens is 301 g/mol. The molecule has 110 valence electrons. The van der Waals surface area contributed by atoms with E-state index in [1.54, 1.807) is 12.1 Å². The van der Waals surface area contributed by atoms with E-state index in [2.05, 4.69) is 5.32 Å². The van der Waals surface area contributed by atoms with Gasteiger partial charge in [-0.2, -0.15) is 0 Å². The van der Waals surface area contributed by atoms with E-state index < -0.39 is 11.9 Å². The zero-order chi connectivity index (χ0) is 15.1. The molecule has 1 atom stereocenters. The molecule has 0 aliphatic carbocycles. The average Bonchev–Trinajstić information content (AvgIpc) is 2.37. The molecule has 1 N–H and O–H groups in total. The van der Waals surface area contributed by atoms with Crippen molar-refractivity contribution in [1.29, 1.82) is 0 Å². The highest BCUT2D eigenvalue weighted by molar-refractivity contribution is 6.36. The summed E-state index contributed by atoms with van der Waals surface area (Å²) in [4.78, 5) is 22.6. The minimum Gasteiger partial charge on any atom is -0.550 e. The van der Waals surface area contributed by atoms with Crippen LogP contribution >= 0.6 is 23.2 Å². The topological polar surface area (TPSA) is 69.2 Å². The summed E-state index contributed by atoms with van der Waals surface area (Å²) in [6.07, 6.45) is 1.62. The number of carboxylic acids is 1. The largest absolute Gasteiger partial charge is 0.550 e. The van der Waals surface area contributed by atoms with Crippen LogP contribution in [0, 0.1) is 5.92 Å². The second kappa shape index (κ2) is 8.12. The van der Waals surface area contributed by atoms with Crippen molar-refractivity contribution < 1.29 is 14.7 Å². The standard InChI is InChI=1S/C14H17Cl2NO3/c1-2-3-9(14(19)20)4-7-13(18)17-12-6-5-10(15)8-11(12)16/h5-6,8-9H,2-4,7H2,1H3,(H,17,18)(H,19,20)/p-1/t9-/m0/s1. The molecule has 20 heavy (non-hydrogen) atoms. The lowest BCUT2D eigenvalue weighted by Crippen LogP contribution is -2.32. The zero-order valence-electron chi connectivity index (χ0n) is 11.1. The Morgan fingerprint density at radius 1 is 1.30 bits per heavy atom. The Labute approximate surface area is 128 Å². The van der Waals surface area contributed by atoms with Crippen molar-refractivity contribution in [3.05, 3.63) is 28.2 Å². The lowest BCUT2D eigenvalue weighted by molar-refractivity contribution is -0.312. The number of hydrogen-bond donors (Lipinski definition) is 1. The molecule has 0 unspecified atom stereocenters. The molecular formula is C14H16Cl2NO3-. The van der Waals surface area contributed by atoms with Crippen molar-refractivity contribution in [2.45, 2.75) is 32.6 Å². The van der Waals surface area contributed by atoms with Gasteiger partial charge in [0.2, 0.25) is 5.91 Å². The van der Waals surface area contributed by atoms with Crippen LogP contribution in [0.3, 0.4) is 0 Å². The van der Waals surface area contributed by atoms with Gasteiger partial charge in [-0.1, -0.05) is 36.5 Å². The van der Waals surface area contributed by atoms with Crippen LogP contribution in [0.4, 0.5) is 5.69 Å². The summed E-state index contributed by atoms with van der Waals surface area (Å²) in [5.41, 5.74) is 0.460. The van der Waals surface area contributed by atoms with Gasteiger partial charge in [-0.3, -0.25) is 4.79 Å². The molecule has 0 aliphatic rings. The quantitative estimate of drug-likeness (QED) is 0.840. The van der Waals surface area contributed by atoms with Crippen LogP contribution in [0.25, 0.3) is 0 Å². The SMILES string of the molecule is CCC[C@@H](CCC(=O)Nc1ccc(Cl)cc1Cl)C(=O)[O-]. The summed E-state index contributed by atoms with van der Waals surface area (Å²) in [6, 6.07) is 4.74. The minimum absolute atomic E-state index is 0.109. The van der Waals surface area contributed by atoms with Crippen molar-refractivity contribution in [1.82, 2.24) is 0 Å². The van der Waals surface area contributed by atoms with E-state index in [0.717, 1.165) is 6.42 Å². The second-order valence-corrected chi connectivity index (χ2v) is 5.36. The Bertz CT molecular complexity index is 491. The smallest absolute Gasteiger partial charge is 0.224 e. The van der Waals surface area contributed by atoms with Crippen molar-refractivity contribution >= 4 is 40.8 Å². The normalized spacial score (nSPS) is 11.9. The maximum atomic E-state index is 11.8. The number of hydrogen-bond acceptors (Lipinski definition) is 3. The number of anilines is 1. The van der Waals surface area contributed by atoms with E-state index >= 15 is 0 Å². The van der Waals surface area contributed by atoms with Gasteiger partial charge < -0.3 is 15.2 Å². The molecule has 0 saturated heterocycles. The third kappa shape index (κ3) is 5.39. The van der Waals surface area contributed by atoms with E-state index in [4.69, 9.17) is 23.2 Å². The number of nitrogens with one attached hydrogen (secondary N) is 1. The number of rotatable bonds is 7. The van der Waals surface area contributed by atoms with Crippen molar-refractivity contribution in [3.63, 3.8) is 0 Å². The molecule has 6 heteroatoms. The molecule has 0 spiro atoms. The highest BCUT2D eigenvalue weighted by Crippen LogP contribution is 2.25. The summed E-state index contributed by atoms with van der Waals surface area (Å²) >= 11 is 11.7. The fourth-order valence-corrected chi connectivity index (χ4v) is 2.29. The molecule has 0 bridgehead atoms. The minimum atomic E-state index is -1.11. The maximum absolute atomic E-state index is 11.8. The molecule has 1 rings (SSSR count). The lowest BCUT2D eigenvalue weighted by atomic mass is 9.98. The molecule has 0 heterocycles. The summed E-state index contributed by atoms with van der Waals surface area (Å²) in [6.45, 7) is 1.89. The maximum Gasteiger partial charge on any atom is 0.224 e. The first-order chi connectivity index (χ1) is 9.43. The van der Waals surface area contributed by atoms with Crippen LogP contribution in [-0.4, -0.2) is 11.9 Å². The highest BCUT2D eigenvalue weighted by atomic mass is 35.5. The highest BCUT2D eigenvalue weighted by Gasteiger charge is 2.12. The molecule has 0 aromatic heterocycles. The number of amides is 1. The Balaban J connectivity index is 2.53. The summed E-state index contributed by atoms with van der Waals surface area (Å²) < 4.78 is 0. The number of carbonyl (C=O) groups excluding carboxylic acids is 2. The van der Waals surface area contributed by atoms with Gasteiger partial charge in [0.05, 0.1) is 10.7 Å². The predicted octanol–water partition coefficient (Wildman–Crippen LogP) is 2.88. The first kappa shape index (κ1) is 16.8. The first-order valence-corrected chi connectivity index (χ1v) is 7.15. The van der Waals surface area contributed by atoms with E-state index in [9.17, 15) is 14.7 Å². The Hall–Kier alpha value is -1.26. The first-order valence-electron chi connectivity index (χ1n) is 6.39. The third-order valence-electron chi connectivity index (χ3n) is 2.90. The number of benzene rings is 1. The molecule has 1 aromatic carbocycles. The Morgan fingerprint density at radius 2 is 2.00 bits per heavy atom. The van der Waals surface area contributed by atoms with Gasteiger partial charge in [-0.25, -0.2) is 0 Å². The summed E-state index contributed by atoms with van der Waals surface area (Å²) in [5, 5.41) is 14.3. The van der Waals surface area contributed by atoms with Gasteiger partial charge in [-0.15, -0.1) is 0 Å². The third-order valence-corrected chi connectivity index (χ3v) is 3.44. The second-order valence-electron chi connectivity index (χ2n) is 4.52. The van der Waals surface area contributed by atoms with Crippen molar-refractivity contribution in [3.8, 4) is 0 Å². The average molecular weight is 317 g/mol. The van der Waals surface area contributed by atoms with Crippen LogP contribution in [0.2, 0.25) is 10.0 Å². The predicted molar refractivity (Wildman–Crippen MR) is 77.7 cm³/mol. The molecule has 0 aliphatic heterocycles. The van der Waals surface area contributed by atoms with Gasteiger partial charge in [-0.05, 0) is 37.0 Å². The van der Waals surface area contributed by atoms with Gasteiger partial charge in [0.1, 0.15) is 0 Å². The van der Waals surface area contributed by atoms with Crippen LogP contribution in [-0.2, 0) is 9.59 Å². The molecule has 4 nitrogen and oxygen atoms in total.